The van der Waals surface area contributed by atoms with Crippen LogP contribution in [0.15, 0.2) is 97.7 Å². The molecule has 0 fully saturated rings. The Balaban J connectivity index is 3.69. The molecule has 0 aliphatic rings. The minimum atomic E-state index is 1.19. The van der Waals surface area contributed by atoms with E-state index in [2.05, 4.69) is 37.8 Å². The lowest BCUT2D eigenvalue weighted by Gasteiger charge is -1.92. The van der Waals surface area contributed by atoms with Gasteiger partial charge in [0.15, 0.2) is 0 Å². The smallest absolute Gasteiger partial charge is 0.0348 e. The summed E-state index contributed by atoms with van der Waals surface area (Å²) in [5.74, 6) is 0. The molecule has 0 saturated heterocycles. The van der Waals surface area contributed by atoms with Gasteiger partial charge in [-0.1, -0.05) is 124 Å². The van der Waals surface area contributed by atoms with Crippen LogP contribution in [0.25, 0.3) is 0 Å². The molecule has 0 aliphatic heterocycles. The van der Waals surface area contributed by atoms with Gasteiger partial charge < -0.3 is 0 Å². The fraction of sp³-hybridized carbons (Fsp3) is 0.273. The predicted octanol–water partition coefficient (Wildman–Crippen LogP) is 7.04. The van der Waals surface area contributed by atoms with Crippen molar-refractivity contribution in [2.24, 2.45) is 0 Å². The minimum absolute atomic E-state index is 1.19. The molecule has 0 rings (SSSR count). The third-order valence-electron chi connectivity index (χ3n) is 2.83. The summed E-state index contributed by atoms with van der Waals surface area (Å²) in [6.45, 7) is 5.85. The Morgan fingerprint density at radius 2 is 1.00 bits per heavy atom. The lowest BCUT2D eigenvalue weighted by atomic mass is 10.1. The van der Waals surface area contributed by atoms with E-state index in [0.717, 1.165) is 0 Å². The highest BCUT2D eigenvalue weighted by atomic mass is 13.9. The highest BCUT2D eigenvalue weighted by molar-refractivity contribution is 5.21. The van der Waals surface area contributed by atoms with Crippen LogP contribution in [0.2, 0.25) is 0 Å². The van der Waals surface area contributed by atoms with Crippen LogP contribution in [0.4, 0.5) is 0 Å². The van der Waals surface area contributed by atoms with Crippen LogP contribution in [0.1, 0.15) is 39.0 Å². The first-order valence-electron chi connectivity index (χ1n) is 8.19. The number of hydrogen-bond donors (Lipinski definition) is 0. The van der Waals surface area contributed by atoms with Crippen molar-refractivity contribution in [3.05, 3.63) is 97.7 Å². The Kier molecular flexibility index (Phi) is 17.1. The Hall–Kier alpha value is -2.08. The van der Waals surface area contributed by atoms with Gasteiger partial charge in [0.2, 0.25) is 0 Å². The van der Waals surface area contributed by atoms with Gasteiger partial charge in [-0.25, -0.2) is 0 Å². The summed E-state index contributed by atoms with van der Waals surface area (Å²) in [6, 6.07) is 0. The van der Waals surface area contributed by atoms with Gasteiger partial charge in [-0.15, -0.1) is 0 Å². The van der Waals surface area contributed by atoms with Gasteiger partial charge >= 0.3 is 0 Å². The quantitative estimate of drug-likeness (QED) is 0.267. The zero-order chi connectivity index (χ0) is 16.1. The van der Waals surface area contributed by atoms with Crippen molar-refractivity contribution in [2.45, 2.75) is 39.0 Å². The van der Waals surface area contributed by atoms with Gasteiger partial charge in [-0.05, 0) is 12.8 Å². The van der Waals surface area contributed by atoms with Crippen LogP contribution < -0.4 is 0 Å². The first-order valence-corrected chi connectivity index (χ1v) is 8.19. The van der Waals surface area contributed by atoms with E-state index in [1.807, 2.05) is 60.8 Å². The molecular weight excluding hydrogens is 264 g/mol. The maximum absolute atomic E-state index is 3.61. The van der Waals surface area contributed by atoms with E-state index in [1.165, 1.54) is 32.1 Å². The van der Waals surface area contributed by atoms with Crippen molar-refractivity contribution >= 4 is 0 Å². The molecule has 0 amide bonds. The maximum Gasteiger partial charge on any atom is -0.0348 e. The van der Waals surface area contributed by atoms with E-state index in [4.69, 9.17) is 0 Å². The second kappa shape index (κ2) is 18.9. The Morgan fingerprint density at radius 3 is 1.45 bits per heavy atom. The Bertz CT molecular complexity index is 437. The lowest BCUT2D eigenvalue weighted by Crippen LogP contribution is -1.72. The molecule has 0 bridgehead atoms. The summed E-state index contributed by atoms with van der Waals surface area (Å²) in [4.78, 5) is 0. The van der Waals surface area contributed by atoms with Crippen LogP contribution in [-0.4, -0.2) is 0 Å². The monoisotopic (exact) mass is 294 g/mol. The summed E-state index contributed by atoms with van der Waals surface area (Å²) < 4.78 is 0. The molecule has 0 N–H and O–H groups in total. The molecular formula is C22H30. The molecule has 0 aromatic heterocycles. The lowest BCUT2D eigenvalue weighted by molar-refractivity contribution is 0.674. The second-order valence-electron chi connectivity index (χ2n) is 4.82. The van der Waals surface area contributed by atoms with Gasteiger partial charge in [-0.3, -0.25) is 0 Å². The number of hydrogen-bond acceptors (Lipinski definition) is 0. The molecule has 118 valence electrons. The van der Waals surface area contributed by atoms with Crippen LogP contribution in [0.3, 0.4) is 0 Å². The van der Waals surface area contributed by atoms with Gasteiger partial charge in [0.1, 0.15) is 0 Å². The van der Waals surface area contributed by atoms with Crippen molar-refractivity contribution in [2.75, 3.05) is 0 Å². The van der Waals surface area contributed by atoms with Crippen LogP contribution in [0, 0.1) is 0 Å². The molecule has 0 aliphatic carbocycles. The molecule has 0 nitrogen and oxygen atoms in total. The van der Waals surface area contributed by atoms with Crippen molar-refractivity contribution < 1.29 is 0 Å². The van der Waals surface area contributed by atoms with E-state index in [9.17, 15) is 0 Å². The Morgan fingerprint density at radius 1 is 0.545 bits per heavy atom. The van der Waals surface area contributed by atoms with E-state index in [0.29, 0.717) is 0 Å². The van der Waals surface area contributed by atoms with Crippen molar-refractivity contribution in [3.8, 4) is 0 Å². The topological polar surface area (TPSA) is 0 Å². The van der Waals surface area contributed by atoms with Crippen molar-refractivity contribution in [3.63, 3.8) is 0 Å². The molecule has 0 aromatic carbocycles. The first kappa shape index (κ1) is 19.9. The first-order chi connectivity index (χ1) is 10.9. The fourth-order valence-electron chi connectivity index (χ4n) is 1.65. The largest absolute Gasteiger partial charge is 0.0991 e. The van der Waals surface area contributed by atoms with Gasteiger partial charge in [0.25, 0.3) is 0 Å². The minimum Gasteiger partial charge on any atom is -0.0991 e. The fourth-order valence-corrected chi connectivity index (χ4v) is 1.65. The molecule has 0 aromatic rings. The highest BCUT2D eigenvalue weighted by Crippen LogP contribution is 2.02. The van der Waals surface area contributed by atoms with Crippen LogP contribution in [-0.2, 0) is 0 Å². The molecule has 0 radical (unpaired) electrons. The Labute approximate surface area is 137 Å². The highest BCUT2D eigenvalue weighted by Gasteiger charge is 1.82. The molecule has 0 spiro atoms. The standard InChI is InChI=1S/C22H30/c1-3-5-7-9-11-13-15-17-19-21-22-20-18-16-14-12-10-8-6-4-2/h3,5,7,9,11,13-22H,1,4,6,8,10,12H2,2H3. The summed E-state index contributed by atoms with van der Waals surface area (Å²) in [5, 5.41) is 0. The summed E-state index contributed by atoms with van der Waals surface area (Å²) in [7, 11) is 0. The molecule has 0 atom stereocenters. The van der Waals surface area contributed by atoms with Gasteiger partial charge in [0.05, 0.1) is 0 Å². The van der Waals surface area contributed by atoms with Crippen molar-refractivity contribution in [1.29, 1.82) is 0 Å². The molecule has 0 saturated carbocycles. The van der Waals surface area contributed by atoms with E-state index in [-0.39, 0.29) is 0 Å². The van der Waals surface area contributed by atoms with E-state index in [1.54, 1.807) is 6.08 Å². The third-order valence-corrected chi connectivity index (χ3v) is 2.83. The van der Waals surface area contributed by atoms with E-state index >= 15 is 0 Å². The average molecular weight is 294 g/mol. The zero-order valence-corrected chi connectivity index (χ0v) is 13.9. The third kappa shape index (κ3) is 17.9. The van der Waals surface area contributed by atoms with Crippen molar-refractivity contribution in [1.82, 2.24) is 0 Å². The SMILES string of the molecule is C=CC=CC=CC=CC=CC=CC=CC=CCCCCCC. The summed E-state index contributed by atoms with van der Waals surface area (Å²) >= 11 is 0. The average Bonchev–Trinajstić information content (AvgIpc) is 2.54. The number of allylic oxidation sites excluding steroid dienone is 15. The summed E-state index contributed by atoms with van der Waals surface area (Å²) in [6.07, 6.45) is 36.6. The molecule has 0 heterocycles. The second-order valence-corrected chi connectivity index (χ2v) is 4.82. The van der Waals surface area contributed by atoms with E-state index < -0.39 is 0 Å². The van der Waals surface area contributed by atoms with Crippen LogP contribution in [0.5, 0.6) is 0 Å². The predicted molar refractivity (Wildman–Crippen MR) is 103 cm³/mol. The number of rotatable bonds is 12. The normalized spacial score (nSPS) is 13.5. The summed E-state index contributed by atoms with van der Waals surface area (Å²) in [5.41, 5.74) is 0. The van der Waals surface area contributed by atoms with Gasteiger partial charge in [0, 0.05) is 0 Å². The molecule has 0 unspecified atom stereocenters. The number of unbranched alkanes of at least 4 members (excludes halogenated alkanes) is 4. The maximum atomic E-state index is 3.61. The zero-order valence-electron chi connectivity index (χ0n) is 13.9. The van der Waals surface area contributed by atoms with Gasteiger partial charge in [-0.2, -0.15) is 0 Å². The molecule has 22 heavy (non-hydrogen) atoms. The van der Waals surface area contributed by atoms with Crippen LogP contribution >= 0.6 is 0 Å². The molecule has 0 heteroatoms.